The highest BCUT2D eigenvalue weighted by molar-refractivity contribution is 6.30. The second-order valence-corrected chi connectivity index (χ2v) is 8.48. The molecule has 1 amide bonds. The molecule has 3 aromatic carbocycles. The third-order valence-electron chi connectivity index (χ3n) is 5.81. The maximum absolute atomic E-state index is 12.8. The molecule has 4 nitrogen and oxygen atoms in total. The van der Waals surface area contributed by atoms with Crippen LogP contribution in [0.5, 0.6) is 0 Å². The summed E-state index contributed by atoms with van der Waals surface area (Å²) in [5.74, 6) is -0.0363. The van der Waals surface area contributed by atoms with Crippen LogP contribution in [-0.4, -0.2) is 37.0 Å². The first-order valence-electron chi connectivity index (χ1n) is 10.8. The molecule has 5 heteroatoms. The normalized spacial score (nSPS) is 15.5. The zero-order chi connectivity index (χ0) is 21.6. The van der Waals surface area contributed by atoms with Crippen molar-refractivity contribution in [2.75, 3.05) is 31.1 Å². The summed E-state index contributed by atoms with van der Waals surface area (Å²) in [7, 11) is 0. The molecule has 0 saturated carbocycles. The molecule has 0 radical (unpaired) electrons. The molecule has 1 heterocycles. The van der Waals surface area contributed by atoms with Gasteiger partial charge in [-0.3, -0.25) is 9.69 Å². The maximum Gasteiger partial charge on any atom is 0.251 e. The van der Waals surface area contributed by atoms with Gasteiger partial charge in [0.1, 0.15) is 0 Å². The molecule has 1 atom stereocenters. The smallest absolute Gasteiger partial charge is 0.251 e. The van der Waals surface area contributed by atoms with Gasteiger partial charge < -0.3 is 10.2 Å². The minimum Gasteiger partial charge on any atom is -0.369 e. The van der Waals surface area contributed by atoms with Crippen molar-refractivity contribution in [2.45, 2.75) is 19.5 Å². The Kier molecular flexibility index (Phi) is 6.90. The van der Waals surface area contributed by atoms with E-state index >= 15 is 0 Å². The van der Waals surface area contributed by atoms with Crippen molar-refractivity contribution in [1.29, 1.82) is 0 Å². The van der Waals surface area contributed by atoms with Crippen LogP contribution in [0, 0.1) is 0 Å². The molecule has 0 spiro atoms. The summed E-state index contributed by atoms with van der Waals surface area (Å²) in [5, 5.41) is 3.87. The number of anilines is 1. The SMILES string of the molecule is CC(NC(=O)c1cccc(CN2CCN(c3ccc(Cl)cc3)CC2)c1)c1ccccc1. The number of nitrogens with one attached hydrogen (secondary N) is 1. The van der Waals surface area contributed by atoms with Crippen LogP contribution in [0.4, 0.5) is 5.69 Å². The van der Waals surface area contributed by atoms with Crippen molar-refractivity contribution >= 4 is 23.2 Å². The van der Waals surface area contributed by atoms with Crippen molar-refractivity contribution in [3.63, 3.8) is 0 Å². The fourth-order valence-corrected chi connectivity index (χ4v) is 4.12. The standard InChI is InChI=1S/C26H28ClN3O/c1-20(22-7-3-2-4-8-22)28-26(31)23-9-5-6-21(18-23)19-29-14-16-30(17-15-29)25-12-10-24(27)11-13-25/h2-13,18,20H,14-17,19H2,1H3,(H,28,31). The van der Waals surface area contributed by atoms with Crippen LogP contribution in [0.1, 0.15) is 34.5 Å². The lowest BCUT2D eigenvalue weighted by Gasteiger charge is -2.36. The van der Waals surface area contributed by atoms with Crippen LogP contribution in [0.15, 0.2) is 78.9 Å². The second-order valence-electron chi connectivity index (χ2n) is 8.05. The number of rotatable bonds is 6. The molecular formula is C26H28ClN3O. The van der Waals surface area contributed by atoms with Gasteiger partial charge in [-0.15, -0.1) is 0 Å². The molecule has 0 aliphatic carbocycles. The molecule has 3 aromatic rings. The average molecular weight is 434 g/mol. The highest BCUT2D eigenvalue weighted by Crippen LogP contribution is 2.20. The predicted molar refractivity (Wildman–Crippen MR) is 128 cm³/mol. The summed E-state index contributed by atoms with van der Waals surface area (Å²) >= 11 is 6.00. The summed E-state index contributed by atoms with van der Waals surface area (Å²) in [4.78, 5) is 17.6. The lowest BCUT2D eigenvalue weighted by atomic mass is 10.1. The van der Waals surface area contributed by atoms with Crippen molar-refractivity contribution in [3.8, 4) is 0 Å². The number of benzene rings is 3. The Morgan fingerprint density at radius 1 is 0.935 bits per heavy atom. The van der Waals surface area contributed by atoms with Gasteiger partial charge in [0.05, 0.1) is 6.04 Å². The lowest BCUT2D eigenvalue weighted by molar-refractivity contribution is 0.0939. The average Bonchev–Trinajstić information content (AvgIpc) is 2.81. The summed E-state index contributed by atoms with van der Waals surface area (Å²) in [6, 6.07) is 26.0. The first kappa shape index (κ1) is 21.4. The minimum absolute atomic E-state index is 0.0294. The van der Waals surface area contributed by atoms with Crippen LogP contribution in [0.25, 0.3) is 0 Å². The second kappa shape index (κ2) is 9.99. The van der Waals surface area contributed by atoms with Crippen LogP contribution >= 0.6 is 11.6 Å². The largest absolute Gasteiger partial charge is 0.369 e. The zero-order valence-electron chi connectivity index (χ0n) is 17.8. The minimum atomic E-state index is -0.0363. The van der Waals surface area contributed by atoms with Crippen molar-refractivity contribution < 1.29 is 4.79 Å². The molecule has 1 aliphatic rings. The lowest BCUT2D eigenvalue weighted by Crippen LogP contribution is -2.45. The Balaban J connectivity index is 1.32. The van der Waals surface area contributed by atoms with E-state index in [4.69, 9.17) is 11.6 Å². The number of hydrogen-bond donors (Lipinski definition) is 1. The highest BCUT2D eigenvalue weighted by atomic mass is 35.5. The number of halogens is 1. The van der Waals surface area contributed by atoms with Gasteiger partial charge >= 0.3 is 0 Å². The topological polar surface area (TPSA) is 35.6 Å². The molecular weight excluding hydrogens is 406 g/mol. The summed E-state index contributed by atoms with van der Waals surface area (Å²) < 4.78 is 0. The van der Waals surface area contributed by atoms with E-state index in [1.807, 2.05) is 67.6 Å². The van der Waals surface area contributed by atoms with E-state index in [0.29, 0.717) is 5.56 Å². The first-order chi connectivity index (χ1) is 15.1. The van der Waals surface area contributed by atoms with Crippen molar-refractivity contribution in [1.82, 2.24) is 10.2 Å². The zero-order valence-corrected chi connectivity index (χ0v) is 18.6. The third-order valence-corrected chi connectivity index (χ3v) is 6.06. The monoisotopic (exact) mass is 433 g/mol. The Bertz CT molecular complexity index is 999. The number of piperazine rings is 1. The Hall–Kier alpha value is -2.82. The van der Waals surface area contributed by atoms with Gasteiger partial charge in [-0.2, -0.15) is 0 Å². The van der Waals surface area contributed by atoms with E-state index in [-0.39, 0.29) is 11.9 Å². The molecule has 4 rings (SSSR count). The van der Waals surface area contributed by atoms with E-state index in [1.165, 1.54) is 11.3 Å². The van der Waals surface area contributed by atoms with Crippen molar-refractivity contribution in [2.24, 2.45) is 0 Å². The molecule has 160 valence electrons. The van der Waals surface area contributed by atoms with Crippen LogP contribution in [0.3, 0.4) is 0 Å². The van der Waals surface area contributed by atoms with Gasteiger partial charge in [0.2, 0.25) is 0 Å². The number of carbonyl (C=O) groups is 1. The highest BCUT2D eigenvalue weighted by Gasteiger charge is 2.18. The quantitative estimate of drug-likeness (QED) is 0.583. The van der Waals surface area contributed by atoms with E-state index in [0.717, 1.165) is 43.3 Å². The van der Waals surface area contributed by atoms with E-state index in [2.05, 4.69) is 33.3 Å². The number of nitrogens with zero attached hydrogens (tertiary/aromatic N) is 2. The molecule has 1 aliphatic heterocycles. The van der Waals surface area contributed by atoms with Crippen LogP contribution in [-0.2, 0) is 6.54 Å². The number of amides is 1. The Labute approximate surface area is 189 Å². The van der Waals surface area contributed by atoms with Crippen LogP contribution < -0.4 is 10.2 Å². The predicted octanol–water partition coefficient (Wildman–Crippen LogP) is 5.15. The van der Waals surface area contributed by atoms with Gasteiger partial charge in [0.25, 0.3) is 5.91 Å². The van der Waals surface area contributed by atoms with Gasteiger partial charge in [-0.05, 0) is 54.4 Å². The Morgan fingerprint density at radius 2 is 1.65 bits per heavy atom. The van der Waals surface area contributed by atoms with E-state index in [9.17, 15) is 4.79 Å². The number of hydrogen-bond acceptors (Lipinski definition) is 3. The number of carbonyl (C=O) groups excluding carboxylic acids is 1. The van der Waals surface area contributed by atoms with E-state index in [1.54, 1.807) is 0 Å². The van der Waals surface area contributed by atoms with Crippen LogP contribution in [0.2, 0.25) is 5.02 Å². The molecule has 1 saturated heterocycles. The van der Waals surface area contributed by atoms with Crippen molar-refractivity contribution in [3.05, 3.63) is 101 Å². The maximum atomic E-state index is 12.8. The van der Waals surface area contributed by atoms with E-state index < -0.39 is 0 Å². The molecule has 0 bridgehead atoms. The molecule has 31 heavy (non-hydrogen) atoms. The summed E-state index contributed by atoms with van der Waals surface area (Å²) in [5.41, 5.74) is 4.20. The molecule has 1 unspecified atom stereocenters. The van der Waals surface area contributed by atoms with Gasteiger partial charge in [-0.25, -0.2) is 0 Å². The Morgan fingerprint density at radius 3 is 2.35 bits per heavy atom. The van der Waals surface area contributed by atoms with Gasteiger partial charge in [0, 0.05) is 49.0 Å². The summed E-state index contributed by atoms with van der Waals surface area (Å²) in [6.45, 7) is 6.81. The third kappa shape index (κ3) is 5.66. The molecule has 1 fully saturated rings. The molecule has 1 N–H and O–H groups in total. The van der Waals surface area contributed by atoms with Gasteiger partial charge in [-0.1, -0.05) is 54.1 Å². The van der Waals surface area contributed by atoms with Gasteiger partial charge in [0.15, 0.2) is 0 Å². The first-order valence-corrected chi connectivity index (χ1v) is 11.1. The fraction of sp³-hybridized carbons (Fsp3) is 0.269. The summed E-state index contributed by atoms with van der Waals surface area (Å²) in [6.07, 6.45) is 0. The molecule has 0 aromatic heterocycles. The fourth-order valence-electron chi connectivity index (χ4n) is 3.99.